The Morgan fingerprint density at radius 3 is 2.68 bits per heavy atom. The monoisotopic (exact) mass is 445 g/mol. The Morgan fingerprint density at radius 2 is 2.00 bits per heavy atom. The lowest BCUT2D eigenvalue weighted by Crippen LogP contribution is -2.45. The highest BCUT2D eigenvalue weighted by Crippen LogP contribution is 2.28. The summed E-state index contributed by atoms with van der Waals surface area (Å²) in [6.07, 6.45) is 4.08. The van der Waals surface area contributed by atoms with E-state index in [2.05, 4.69) is 34.2 Å². The molecule has 31 heavy (non-hydrogen) atoms. The van der Waals surface area contributed by atoms with Gasteiger partial charge in [-0.05, 0) is 70.4 Å². The maximum absolute atomic E-state index is 12.6. The van der Waals surface area contributed by atoms with Gasteiger partial charge in [0.2, 0.25) is 0 Å². The van der Waals surface area contributed by atoms with Gasteiger partial charge in [0.15, 0.2) is 0 Å². The molecule has 1 aliphatic rings. The zero-order valence-electron chi connectivity index (χ0n) is 18.6. The van der Waals surface area contributed by atoms with Crippen molar-refractivity contribution in [3.8, 4) is 5.75 Å². The number of aromatic nitrogens is 1. The molecule has 1 N–H and O–H groups in total. The van der Waals surface area contributed by atoms with Gasteiger partial charge in [0, 0.05) is 38.1 Å². The van der Waals surface area contributed by atoms with Crippen molar-refractivity contribution in [3.63, 3.8) is 0 Å². The van der Waals surface area contributed by atoms with Crippen molar-refractivity contribution in [2.45, 2.75) is 25.5 Å². The van der Waals surface area contributed by atoms with Gasteiger partial charge in [-0.25, -0.2) is 4.79 Å². The number of likely N-dealkylation sites (tertiary alicyclic amines) is 1. The van der Waals surface area contributed by atoms with Crippen LogP contribution in [0.3, 0.4) is 0 Å². The van der Waals surface area contributed by atoms with Crippen molar-refractivity contribution < 1.29 is 9.53 Å². The lowest BCUT2D eigenvalue weighted by molar-refractivity contribution is 0.136. The van der Waals surface area contributed by atoms with Crippen LogP contribution in [0.25, 0.3) is 0 Å². The summed E-state index contributed by atoms with van der Waals surface area (Å²) in [5.74, 6) is 0.554. The van der Waals surface area contributed by atoms with E-state index >= 15 is 0 Å². The molecule has 2 heterocycles. The number of nitrogens with one attached hydrogen (secondary N) is 1. The molecule has 0 saturated carbocycles. The van der Waals surface area contributed by atoms with Crippen molar-refractivity contribution in [1.29, 1.82) is 0 Å². The molecule has 1 aliphatic heterocycles. The quantitative estimate of drug-likeness (QED) is 0.669. The third-order valence-corrected chi connectivity index (χ3v) is 6.03. The molecule has 0 atom stereocenters. The highest BCUT2D eigenvalue weighted by Gasteiger charge is 2.21. The first-order chi connectivity index (χ1) is 14.9. The molecule has 0 aliphatic carbocycles. The standard InChI is InChI=1S/C23H32ClN5O2/c1-27-12-9-20(10-13-27)28(2)14-15-29(3)23(30)26-18-7-8-22(21(24)16-18)31-17-19-6-4-5-11-25-19/h4-8,11,16,20H,9-10,12-15,17H2,1-3H3,(H,26,30). The van der Waals surface area contributed by atoms with Gasteiger partial charge in [-0.15, -0.1) is 0 Å². The minimum atomic E-state index is -0.157. The Bertz CT molecular complexity index is 843. The van der Waals surface area contributed by atoms with E-state index in [4.69, 9.17) is 16.3 Å². The number of benzene rings is 1. The number of pyridine rings is 1. The molecular formula is C23H32ClN5O2. The van der Waals surface area contributed by atoms with Crippen LogP contribution in [0, 0.1) is 0 Å². The van der Waals surface area contributed by atoms with Crippen LogP contribution in [0.5, 0.6) is 5.75 Å². The molecule has 1 aromatic carbocycles. The molecule has 0 radical (unpaired) electrons. The van der Waals surface area contributed by atoms with Gasteiger partial charge in [0.1, 0.15) is 12.4 Å². The van der Waals surface area contributed by atoms with Gasteiger partial charge in [0.05, 0.1) is 10.7 Å². The average Bonchev–Trinajstić information content (AvgIpc) is 2.77. The number of rotatable bonds is 8. The predicted octanol–water partition coefficient (Wildman–Crippen LogP) is 3.80. The summed E-state index contributed by atoms with van der Waals surface area (Å²) in [6.45, 7) is 4.11. The summed E-state index contributed by atoms with van der Waals surface area (Å²) in [5, 5.41) is 3.35. The zero-order valence-corrected chi connectivity index (χ0v) is 19.3. The third-order valence-electron chi connectivity index (χ3n) is 5.73. The molecule has 0 spiro atoms. The molecule has 8 heteroatoms. The normalized spacial score (nSPS) is 15.1. The maximum Gasteiger partial charge on any atom is 0.321 e. The number of urea groups is 1. The highest BCUT2D eigenvalue weighted by molar-refractivity contribution is 6.32. The van der Waals surface area contributed by atoms with Gasteiger partial charge in [-0.3, -0.25) is 4.98 Å². The number of likely N-dealkylation sites (N-methyl/N-ethyl adjacent to an activating group) is 2. The van der Waals surface area contributed by atoms with E-state index in [-0.39, 0.29) is 6.03 Å². The van der Waals surface area contributed by atoms with Crippen LogP contribution in [0.4, 0.5) is 10.5 Å². The van der Waals surface area contributed by atoms with Crippen LogP contribution < -0.4 is 10.1 Å². The highest BCUT2D eigenvalue weighted by atomic mass is 35.5. The van der Waals surface area contributed by atoms with Gasteiger partial charge >= 0.3 is 6.03 Å². The Kier molecular flexibility index (Phi) is 8.51. The van der Waals surface area contributed by atoms with E-state index in [1.165, 1.54) is 12.8 Å². The molecule has 3 rings (SSSR count). The van der Waals surface area contributed by atoms with Gasteiger partial charge < -0.3 is 24.8 Å². The summed E-state index contributed by atoms with van der Waals surface area (Å²) >= 11 is 6.34. The van der Waals surface area contributed by atoms with Crippen LogP contribution in [0.15, 0.2) is 42.6 Å². The molecule has 7 nitrogen and oxygen atoms in total. The van der Waals surface area contributed by atoms with E-state index in [0.29, 0.717) is 35.7 Å². The smallest absolute Gasteiger partial charge is 0.321 e. The zero-order chi connectivity index (χ0) is 22.2. The number of hydrogen-bond donors (Lipinski definition) is 1. The molecule has 1 aromatic heterocycles. The van der Waals surface area contributed by atoms with E-state index in [9.17, 15) is 4.79 Å². The molecule has 2 amide bonds. The van der Waals surface area contributed by atoms with Gasteiger partial charge in [0.25, 0.3) is 0 Å². The molecule has 2 aromatic rings. The molecule has 168 valence electrons. The number of ether oxygens (including phenoxy) is 1. The number of amides is 2. The molecule has 1 saturated heterocycles. The fourth-order valence-corrected chi connectivity index (χ4v) is 3.81. The minimum absolute atomic E-state index is 0.157. The first-order valence-corrected chi connectivity index (χ1v) is 11.0. The van der Waals surface area contributed by atoms with Crippen molar-refractivity contribution in [2.24, 2.45) is 0 Å². The van der Waals surface area contributed by atoms with Crippen molar-refractivity contribution in [2.75, 3.05) is 52.6 Å². The number of carbonyl (C=O) groups is 1. The lowest BCUT2D eigenvalue weighted by Gasteiger charge is -2.35. The SMILES string of the molecule is CN1CCC(N(C)CCN(C)C(=O)Nc2ccc(OCc3ccccn3)c(Cl)c2)CC1. The summed E-state index contributed by atoms with van der Waals surface area (Å²) in [6, 6.07) is 11.3. The summed E-state index contributed by atoms with van der Waals surface area (Å²) < 4.78 is 5.73. The Morgan fingerprint density at radius 1 is 1.23 bits per heavy atom. The van der Waals surface area contributed by atoms with Crippen LogP contribution >= 0.6 is 11.6 Å². The molecular weight excluding hydrogens is 414 g/mol. The van der Waals surface area contributed by atoms with Gasteiger partial charge in [-0.2, -0.15) is 0 Å². The van der Waals surface area contributed by atoms with Crippen LogP contribution in [0.2, 0.25) is 5.02 Å². The van der Waals surface area contributed by atoms with Crippen molar-refractivity contribution in [3.05, 3.63) is 53.3 Å². The van der Waals surface area contributed by atoms with Crippen LogP contribution in [-0.2, 0) is 6.61 Å². The van der Waals surface area contributed by atoms with E-state index in [0.717, 1.165) is 25.3 Å². The molecule has 1 fully saturated rings. The Balaban J connectivity index is 1.45. The van der Waals surface area contributed by atoms with Crippen molar-refractivity contribution in [1.82, 2.24) is 19.7 Å². The summed E-state index contributed by atoms with van der Waals surface area (Å²) in [5.41, 5.74) is 1.46. The first-order valence-electron chi connectivity index (χ1n) is 10.7. The second-order valence-electron chi connectivity index (χ2n) is 8.12. The second kappa shape index (κ2) is 11.3. The first kappa shape index (κ1) is 23.3. The Hall–Kier alpha value is -2.35. The number of piperidine rings is 1. The number of hydrogen-bond acceptors (Lipinski definition) is 5. The maximum atomic E-state index is 12.6. The van der Waals surface area contributed by atoms with Gasteiger partial charge in [-0.1, -0.05) is 17.7 Å². The minimum Gasteiger partial charge on any atom is -0.486 e. The number of carbonyl (C=O) groups excluding carboxylic acids is 1. The Labute approximate surface area is 189 Å². The van der Waals surface area contributed by atoms with E-state index in [1.807, 2.05) is 25.2 Å². The second-order valence-corrected chi connectivity index (χ2v) is 8.53. The average molecular weight is 446 g/mol. The van der Waals surface area contributed by atoms with Crippen molar-refractivity contribution >= 4 is 23.3 Å². The lowest BCUT2D eigenvalue weighted by atomic mass is 10.0. The van der Waals surface area contributed by atoms with E-state index < -0.39 is 0 Å². The number of nitrogens with zero attached hydrogens (tertiary/aromatic N) is 4. The molecule has 0 unspecified atom stereocenters. The largest absolute Gasteiger partial charge is 0.486 e. The van der Waals surface area contributed by atoms with E-state index in [1.54, 1.807) is 29.3 Å². The fourth-order valence-electron chi connectivity index (χ4n) is 3.58. The van der Waals surface area contributed by atoms with Crippen LogP contribution in [0.1, 0.15) is 18.5 Å². The third kappa shape index (κ3) is 7.09. The predicted molar refractivity (Wildman–Crippen MR) is 125 cm³/mol. The fraction of sp³-hybridized carbons (Fsp3) is 0.478. The summed E-state index contributed by atoms with van der Waals surface area (Å²) in [4.78, 5) is 23.2. The van der Waals surface area contributed by atoms with Crippen LogP contribution in [-0.4, -0.2) is 79.1 Å². The summed E-state index contributed by atoms with van der Waals surface area (Å²) in [7, 11) is 6.12. The number of anilines is 1. The topological polar surface area (TPSA) is 60.9 Å². The number of halogens is 1. The molecule has 0 bridgehead atoms.